The van der Waals surface area contributed by atoms with E-state index in [9.17, 15) is 19.2 Å². The first-order chi connectivity index (χ1) is 15.3. The Morgan fingerprint density at radius 1 is 1.06 bits per heavy atom. The van der Waals surface area contributed by atoms with E-state index in [4.69, 9.17) is 4.74 Å². The molecule has 2 atom stereocenters. The van der Waals surface area contributed by atoms with Crippen LogP contribution in [0.1, 0.15) is 65.2 Å². The Morgan fingerprint density at radius 2 is 1.81 bits per heavy atom. The second-order valence-electron chi connectivity index (χ2n) is 10.00. The Bertz CT molecular complexity index is 755. The molecule has 0 aromatic carbocycles. The number of amides is 5. The quantitative estimate of drug-likeness (QED) is 0.657. The predicted octanol–water partition coefficient (Wildman–Crippen LogP) is 1.51. The van der Waals surface area contributed by atoms with Gasteiger partial charge in [-0.15, -0.1) is 0 Å². The van der Waals surface area contributed by atoms with E-state index in [0.717, 1.165) is 25.7 Å². The lowest BCUT2D eigenvalue weighted by Gasteiger charge is -2.39. The van der Waals surface area contributed by atoms with Crippen molar-refractivity contribution in [3.63, 3.8) is 0 Å². The number of ether oxygens (including phenoxy) is 1. The molecule has 4 fully saturated rings. The number of imide groups is 1. The molecule has 4 saturated heterocycles. The highest BCUT2D eigenvalue weighted by molar-refractivity contribution is 6.07. The summed E-state index contributed by atoms with van der Waals surface area (Å²) in [5.74, 6) is -0.158. The van der Waals surface area contributed by atoms with Gasteiger partial charge in [0.15, 0.2) is 0 Å². The van der Waals surface area contributed by atoms with Crippen LogP contribution in [0.25, 0.3) is 0 Å². The molecule has 0 saturated carbocycles. The lowest BCUT2D eigenvalue weighted by atomic mass is 9.86. The van der Waals surface area contributed by atoms with Gasteiger partial charge in [-0.05, 0) is 44.9 Å². The van der Waals surface area contributed by atoms with Crippen LogP contribution in [-0.2, 0) is 19.1 Å². The summed E-state index contributed by atoms with van der Waals surface area (Å²) >= 11 is 0. The average molecular weight is 449 g/mol. The van der Waals surface area contributed by atoms with Gasteiger partial charge in [0.2, 0.25) is 11.8 Å². The Kier molecular flexibility index (Phi) is 6.74. The van der Waals surface area contributed by atoms with E-state index in [-0.39, 0.29) is 41.8 Å². The van der Waals surface area contributed by atoms with E-state index in [1.165, 1.54) is 4.90 Å². The second-order valence-corrected chi connectivity index (χ2v) is 10.00. The highest BCUT2D eigenvalue weighted by atomic mass is 16.5. The maximum Gasteiger partial charge on any atom is 0.325 e. The van der Waals surface area contributed by atoms with Crippen molar-refractivity contribution in [2.45, 2.75) is 82.9 Å². The molecule has 0 aromatic rings. The highest BCUT2D eigenvalue weighted by Gasteiger charge is 2.55. The van der Waals surface area contributed by atoms with Gasteiger partial charge in [-0.1, -0.05) is 13.8 Å². The fraction of sp³-hybridized carbons (Fsp3) is 0.826. The molecule has 0 aromatic heterocycles. The van der Waals surface area contributed by atoms with Crippen LogP contribution in [0.2, 0.25) is 0 Å². The molecule has 0 unspecified atom stereocenters. The van der Waals surface area contributed by atoms with Gasteiger partial charge in [-0.25, -0.2) is 4.79 Å². The molecule has 0 bridgehead atoms. The SMILES string of the molecule is CC(C)C(=O)N1CCC2(CC1)NC(=O)N([C@@H]1CCCN(C(=O)C[C@H]3CCCCO3)C1)C2=O. The number of piperidine rings is 2. The van der Waals surface area contributed by atoms with Crippen LogP contribution in [0.3, 0.4) is 0 Å². The Hall–Kier alpha value is -2.16. The number of hydrogen-bond acceptors (Lipinski definition) is 5. The summed E-state index contributed by atoms with van der Waals surface area (Å²) in [4.78, 5) is 56.4. The van der Waals surface area contributed by atoms with Gasteiger partial charge in [0.05, 0.1) is 18.6 Å². The maximum atomic E-state index is 13.4. The third-order valence-electron chi connectivity index (χ3n) is 7.41. The first kappa shape index (κ1) is 23.0. The van der Waals surface area contributed by atoms with Crippen LogP contribution in [0.5, 0.6) is 0 Å². The van der Waals surface area contributed by atoms with Crippen molar-refractivity contribution in [3.05, 3.63) is 0 Å². The van der Waals surface area contributed by atoms with Gasteiger partial charge in [0.1, 0.15) is 5.54 Å². The number of likely N-dealkylation sites (tertiary alicyclic amines) is 2. The summed E-state index contributed by atoms with van der Waals surface area (Å²) in [6, 6.07) is -0.671. The highest BCUT2D eigenvalue weighted by Crippen LogP contribution is 2.33. The van der Waals surface area contributed by atoms with Gasteiger partial charge < -0.3 is 19.9 Å². The van der Waals surface area contributed by atoms with Crippen molar-refractivity contribution >= 4 is 23.8 Å². The van der Waals surface area contributed by atoms with Crippen LogP contribution in [0, 0.1) is 5.92 Å². The van der Waals surface area contributed by atoms with E-state index >= 15 is 0 Å². The molecule has 32 heavy (non-hydrogen) atoms. The minimum Gasteiger partial charge on any atom is -0.378 e. The van der Waals surface area contributed by atoms with E-state index in [1.54, 1.807) is 9.80 Å². The number of urea groups is 1. The normalized spacial score (nSPS) is 28.4. The average Bonchev–Trinajstić information content (AvgIpc) is 3.03. The zero-order valence-electron chi connectivity index (χ0n) is 19.3. The molecule has 178 valence electrons. The van der Waals surface area contributed by atoms with Gasteiger partial charge in [0, 0.05) is 38.7 Å². The van der Waals surface area contributed by atoms with Gasteiger partial charge in [-0.3, -0.25) is 19.3 Å². The van der Waals surface area contributed by atoms with E-state index in [1.807, 2.05) is 13.8 Å². The van der Waals surface area contributed by atoms with E-state index in [2.05, 4.69) is 5.32 Å². The Labute approximate surface area is 189 Å². The number of nitrogens with one attached hydrogen (secondary N) is 1. The van der Waals surface area contributed by atoms with Gasteiger partial charge in [0.25, 0.3) is 5.91 Å². The third-order valence-corrected chi connectivity index (χ3v) is 7.41. The zero-order valence-corrected chi connectivity index (χ0v) is 19.3. The molecule has 1 spiro atoms. The van der Waals surface area contributed by atoms with Crippen molar-refractivity contribution in [3.8, 4) is 0 Å². The van der Waals surface area contributed by atoms with Crippen molar-refractivity contribution in [1.29, 1.82) is 0 Å². The fourth-order valence-electron chi connectivity index (χ4n) is 5.47. The van der Waals surface area contributed by atoms with Gasteiger partial charge in [-0.2, -0.15) is 0 Å². The number of rotatable bonds is 4. The number of hydrogen-bond donors (Lipinski definition) is 1. The van der Waals surface area contributed by atoms with E-state index < -0.39 is 5.54 Å². The van der Waals surface area contributed by atoms with E-state index in [0.29, 0.717) is 58.5 Å². The van der Waals surface area contributed by atoms with Crippen molar-refractivity contribution < 1.29 is 23.9 Å². The van der Waals surface area contributed by atoms with Crippen LogP contribution < -0.4 is 5.32 Å². The molecule has 4 rings (SSSR count). The van der Waals surface area contributed by atoms with Crippen molar-refractivity contribution in [2.24, 2.45) is 5.92 Å². The summed E-state index contributed by atoms with van der Waals surface area (Å²) in [5.41, 5.74) is -0.924. The zero-order chi connectivity index (χ0) is 22.9. The molecule has 0 radical (unpaired) electrons. The van der Waals surface area contributed by atoms with Crippen LogP contribution in [-0.4, -0.2) is 88.9 Å². The van der Waals surface area contributed by atoms with Crippen LogP contribution in [0.15, 0.2) is 0 Å². The molecular weight excluding hydrogens is 412 g/mol. The minimum atomic E-state index is -0.924. The summed E-state index contributed by atoms with van der Waals surface area (Å²) in [6.45, 7) is 6.43. The predicted molar refractivity (Wildman–Crippen MR) is 117 cm³/mol. The second kappa shape index (κ2) is 9.37. The Morgan fingerprint density at radius 3 is 2.47 bits per heavy atom. The number of nitrogens with zero attached hydrogens (tertiary/aromatic N) is 3. The maximum absolute atomic E-state index is 13.4. The lowest BCUT2D eigenvalue weighted by Crippen LogP contribution is -2.57. The molecule has 5 amide bonds. The summed E-state index contributed by atoms with van der Waals surface area (Å²) in [7, 11) is 0. The lowest BCUT2D eigenvalue weighted by molar-refractivity contribution is -0.143. The smallest absolute Gasteiger partial charge is 0.325 e. The number of carbonyl (C=O) groups is 4. The topological polar surface area (TPSA) is 99.3 Å². The monoisotopic (exact) mass is 448 g/mol. The minimum absolute atomic E-state index is 0.0182. The summed E-state index contributed by atoms with van der Waals surface area (Å²) in [6.07, 6.45) is 5.74. The van der Waals surface area contributed by atoms with Crippen molar-refractivity contribution in [2.75, 3.05) is 32.8 Å². The fourth-order valence-corrected chi connectivity index (χ4v) is 5.47. The molecule has 4 aliphatic heterocycles. The summed E-state index contributed by atoms with van der Waals surface area (Å²) in [5, 5.41) is 2.94. The first-order valence-electron chi connectivity index (χ1n) is 12.1. The standard InChI is InChI=1S/C23H36N4O5/c1-16(2)20(29)25-11-8-23(9-12-25)21(30)27(22(31)24-23)17-6-5-10-26(15-17)19(28)14-18-7-3-4-13-32-18/h16-18H,3-15H2,1-2H3,(H,24,31)/t17-,18-/m1/s1. The molecule has 1 N–H and O–H groups in total. The van der Waals surface area contributed by atoms with Crippen molar-refractivity contribution in [1.82, 2.24) is 20.0 Å². The molecule has 0 aliphatic carbocycles. The first-order valence-corrected chi connectivity index (χ1v) is 12.1. The largest absolute Gasteiger partial charge is 0.378 e. The third kappa shape index (κ3) is 4.49. The van der Waals surface area contributed by atoms with Gasteiger partial charge >= 0.3 is 6.03 Å². The molecule has 4 heterocycles. The summed E-state index contributed by atoms with van der Waals surface area (Å²) < 4.78 is 5.71. The molecule has 9 heteroatoms. The van der Waals surface area contributed by atoms with Crippen LogP contribution in [0.4, 0.5) is 4.79 Å². The molecular formula is C23H36N4O5. The Balaban J connectivity index is 1.37. The van der Waals surface area contributed by atoms with Crippen LogP contribution >= 0.6 is 0 Å². The number of carbonyl (C=O) groups excluding carboxylic acids is 4. The molecule has 9 nitrogen and oxygen atoms in total. The molecule has 4 aliphatic rings.